The number of ether oxygens (including phenoxy) is 2. The van der Waals surface area contributed by atoms with Crippen LogP contribution in [0.1, 0.15) is 17.2 Å². The molecule has 1 aromatic carbocycles. The van der Waals surface area contributed by atoms with E-state index in [4.69, 9.17) is 9.47 Å². The Balaban J connectivity index is 2.18. The fraction of sp³-hybridized carbons (Fsp3) is 0.267. The first kappa shape index (κ1) is 12.7. The van der Waals surface area contributed by atoms with Crippen molar-refractivity contribution in [1.29, 1.82) is 0 Å². The van der Waals surface area contributed by atoms with Crippen LogP contribution < -0.4 is 0 Å². The third kappa shape index (κ3) is 3.39. The van der Waals surface area contributed by atoms with Crippen molar-refractivity contribution in [2.24, 2.45) is 0 Å². The fourth-order valence-electron chi connectivity index (χ4n) is 1.79. The van der Waals surface area contributed by atoms with Gasteiger partial charge in [-0.1, -0.05) is 36.4 Å². The molecule has 0 unspecified atom stereocenters. The Morgan fingerprint density at radius 2 is 1.78 bits per heavy atom. The molecule has 0 bridgehead atoms. The Hall–Kier alpha value is -1.71. The van der Waals surface area contributed by atoms with Crippen LogP contribution in [-0.2, 0) is 9.47 Å². The molecule has 3 nitrogen and oxygen atoms in total. The van der Waals surface area contributed by atoms with Gasteiger partial charge in [0.1, 0.15) is 6.10 Å². The number of nitrogens with zero attached hydrogens (tertiary/aromatic N) is 1. The van der Waals surface area contributed by atoms with E-state index in [1.807, 2.05) is 36.5 Å². The molecule has 0 saturated carbocycles. The van der Waals surface area contributed by atoms with E-state index in [0.29, 0.717) is 13.2 Å². The van der Waals surface area contributed by atoms with Crippen LogP contribution in [0.5, 0.6) is 0 Å². The summed E-state index contributed by atoms with van der Waals surface area (Å²) in [6.45, 7) is 1.15. The maximum absolute atomic E-state index is 5.89. The maximum Gasteiger partial charge on any atom is 0.109 e. The number of aromatic nitrogens is 1. The molecule has 1 atom stereocenters. The molecule has 0 radical (unpaired) electrons. The van der Waals surface area contributed by atoms with E-state index in [-0.39, 0.29) is 6.10 Å². The molecule has 2 rings (SSSR count). The summed E-state index contributed by atoms with van der Waals surface area (Å²) in [6, 6.07) is 14.1. The molecule has 0 aliphatic heterocycles. The minimum atomic E-state index is -0.0879. The fourth-order valence-corrected chi connectivity index (χ4v) is 1.79. The lowest BCUT2D eigenvalue weighted by atomic mass is 10.0. The first-order chi connectivity index (χ1) is 8.92. The second kappa shape index (κ2) is 6.89. The van der Waals surface area contributed by atoms with Crippen molar-refractivity contribution in [1.82, 2.24) is 4.98 Å². The third-order valence-electron chi connectivity index (χ3n) is 2.66. The smallest absolute Gasteiger partial charge is 0.109 e. The molecule has 2 aromatic rings. The monoisotopic (exact) mass is 243 g/mol. The van der Waals surface area contributed by atoms with Crippen LogP contribution in [0.15, 0.2) is 54.9 Å². The summed E-state index contributed by atoms with van der Waals surface area (Å²) in [7, 11) is 1.67. The van der Waals surface area contributed by atoms with E-state index < -0.39 is 0 Å². The van der Waals surface area contributed by atoms with Crippen molar-refractivity contribution in [3.8, 4) is 0 Å². The van der Waals surface area contributed by atoms with E-state index >= 15 is 0 Å². The molecule has 94 valence electrons. The van der Waals surface area contributed by atoms with Gasteiger partial charge in [-0.05, 0) is 11.6 Å². The summed E-state index contributed by atoms with van der Waals surface area (Å²) in [5, 5.41) is 0. The number of benzene rings is 1. The van der Waals surface area contributed by atoms with Gasteiger partial charge in [0, 0.05) is 25.1 Å². The van der Waals surface area contributed by atoms with E-state index in [2.05, 4.69) is 17.1 Å². The Bertz CT molecular complexity index is 405. The van der Waals surface area contributed by atoms with E-state index in [9.17, 15) is 0 Å². The van der Waals surface area contributed by atoms with Crippen LogP contribution in [0.2, 0.25) is 0 Å². The molecule has 0 fully saturated rings. The van der Waals surface area contributed by atoms with Crippen molar-refractivity contribution in [3.05, 3.63) is 66.0 Å². The molecule has 0 aliphatic carbocycles. The van der Waals surface area contributed by atoms with E-state index in [1.165, 1.54) is 0 Å². The molecule has 1 heterocycles. The molecular weight excluding hydrogens is 226 g/mol. The van der Waals surface area contributed by atoms with Crippen molar-refractivity contribution in [3.63, 3.8) is 0 Å². The molecule has 0 saturated heterocycles. The number of hydrogen-bond donors (Lipinski definition) is 0. The summed E-state index contributed by atoms with van der Waals surface area (Å²) in [4.78, 5) is 4.15. The van der Waals surface area contributed by atoms with Crippen molar-refractivity contribution >= 4 is 0 Å². The maximum atomic E-state index is 5.89. The van der Waals surface area contributed by atoms with Gasteiger partial charge in [-0.25, -0.2) is 0 Å². The zero-order valence-electron chi connectivity index (χ0n) is 10.5. The van der Waals surface area contributed by atoms with Crippen molar-refractivity contribution in [2.45, 2.75) is 6.10 Å². The summed E-state index contributed by atoms with van der Waals surface area (Å²) >= 11 is 0. The van der Waals surface area contributed by atoms with E-state index in [1.54, 1.807) is 13.3 Å². The Kier molecular flexibility index (Phi) is 4.88. The van der Waals surface area contributed by atoms with Gasteiger partial charge in [-0.3, -0.25) is 4.98 Å². The number of methoxy groups -OCH3 is 1. The Morgan fingerprint density at radius 3 is 2.44 bits per heavy atom. The molecule has 3 heteroatoms. The molecule has 0 N–H and O–H groups in total. The second-order valence-corrected chi connectivity index (χ2v) is 3.94. The van der Waals surface area contributed by atoms with Crippen LogP contribution in [0.4, 0.5) is 0 Å². The standard InChI is InChI=1S/C15H17NO2/c1-17-10-11-18-15(13-6-3-2-4-7-13)14-8-5-9-16-12-14/h2-9,12,15H,10-11H2,1H3/t15-/m0/s1. The lowest BCUT2D eigenvalue weighted by molar-refractivity contribution is 0.0354. The first-order valence-electron chi connectivity index (χ1n) is 5.97. The predicted octanol–water partition coefficient (Wildman–Crippen LogP) is 2.83. The van der Waals surface area contributed by atoms with Crippen LogP contribution >= 0.6 is 0 Å². The Morgan fingerprint density at radius 1 is 1.00 bits per heavy atom. The summed E-state index contributed by atoms with van der Waals surface area (Å²) in [5.74, 6) is 0. The predicted molar refractivity (Wildman–Crippen MR) is 70.4 cm³/mol. The summed E-state index contributed by atoms with van der Waals surface area (Å²) in [6.07, 6.45) is 3.51. The zero-order chi connectivity index (χ0) is 12.6. The SMILES string of the molecule is COCCO[C@@H](c1ccccc1)c1cccnc1. The molecule has 0 aliphatic rings. The summed E-state index contributed by atoms with van der Waals surface area (Å²) in [5.41, 5.74) is 2.18. The average Bonchev–Trinajstić information content (AvgIpc) is 2.46. The molecule has 18 heavy (non-hydrogen) atoms. The molecule has 0 spiro atoms. The first-order valence-corrected chi connectivity index (χ1v) is 5.97. The van der Waals surface area contributed by atoms with Crippen LogP contribution in [0, 0.1) is 0 Å². The van der Waals surface area contributed by atoms with Gasteiger partial charge in [-0.2, -0.15) is 0 Å². The number of hydrogen-bond acceptors (Lipinski definition) is 3. The van der Waals surface area contributed by atoms with Crippen LogP contribution in [-0.4, -0.2) is 25.3 Å². The minimum absolute atomic E-state index is 0.0879. The number of rotatable bonds is 6. The van der Waals surface area contributed by atoms with Gasteiger partial charge < -0.3 is 9.47 Å². The lowest BCUT2D eigenvalue weighted by Crippen LogP contribution is -2.10. The average molecular weight is 243 g/mol. The van der Waals surface area contributed by atoms with Gasteiger partial charge in [-0.15, -0.1) is 0 Å². The lowest BCUT2D eigenvalue weighted by Gasteiger charge is -2.18. The third-order valence-corrected chi connectivity index (χ3v) is 2.66. The van der Waals surface area contributed by atoms with Crippen LogP contribution in [0.25, 0.3) is 0 Å². The molecule has 1 aromatic heterocycles. The Labute approximate surface area is 107 Å². The molecule has 0 amide bonds. The highest BCUT2D eigenvalue weighted by molar-refractivity contribution is 5.28. The summed E-state index contributed by atoms with van der Waals surface area (Å²) < 4.78 is 10.9. The molecular formula is C15H17NO2. The normalized spacial score (nSPS) is 12.3. The van der Waals surface area contributed by atoms with Gasteiger partial charge in [0.25, 0.3) is 0 Å². The van der Waals surface area contributed by atoms with Crippen molar-refractivity contribution in [2.75, 3.05) is 20.3 Å². The number of pyridine rings is 1. The highest BCUT2D eigenvalue weighted by Crippen LogP contribution is 2.24. The zero-order valence-corrected chi connectivity index (χ0v) is 10.5. The van der Waals surface area contributed by atoms with Gasteiger partial charge in [0.15, 0.2) is 0 Å². The van der Waals surface area contributed by atoms with Gasteiger partial charge in [0.05, 0.1) is 13.2 Å². The quantitative estimate of drug-likeness (QED) is 0.731. The largest absolute Gasteiger partial charge is 0.382 e. The van der Waals surface area contributed by atoms with Gasteiger partial charge in [0.2, 0.25) is 0 Å². The van der Waals surface area contributed by atoms with Crippen LogP contribution in [0.3, 0.4) is 0 Å². The second-order valence-electron chi connectivity index (χ2n) is 3.94. The van der Waals surface area contributed by atoms with Gasteiger partial charge >= 0.3 is 0 Å². The topological polar surface area (TPSA) is 31.4 Å². The highest BCUT2D eigenvalue weighted by atomic mass is 16.5. The minimum Gasteiger partial charge on any atom is -0.382 e. The van der Waals surface area contributed by atoms with Crippen molar-refractivity contribution < 1.29 is 9.47 Å². The van der Waals surface area contributed by atoms with E-state index in [0.717, 1.165) is 11.1 Å². The highest BCUT2D eigenvalue weighted by Gasteiger charge is 2.14.